The van der Waals surface area contributed by atoms with E-state index in [1.807, 2.05) is 60.5 Å². The molecule has 0 saturated carbocycles. The highest BCUT2D eigenvalue weighted by Crippen LogP contribution is 1.72. The van der Waals surface area contributed by atoms with Gasteiger partial charge in [-0.3, -0.25) is 9.59 Å². The molecule has 0 heterocycles. The van der Waals surface area contributed by atoms with Crippen molar-refractivity contribution >= 4 is 11.8 Å². The van der Waals surface area contributed by atoms with Crippen molar-refractivity contribution in [1.29, 1.82) is 0 Å². The number of aliphatic hydroxyl groups excluding tert-OH is 1. The molecule has 0 aromatic heterocycles. The van der Waals surface area contributed by atoms with Crippen LogP contribution < -0.4 is 10.6 Å². The number of carbonyl (C=O) groups excluding carboxylic acids is 2. The van der Waals surface area contributed by atoms with Crippen LogP contribution in [-0.4, -0.2) is 61.7 Å². The van der Waals surface area contributed by atoms with Gasteiger partial charge in [0, 0.05) is 33.5 Å². The summed E-state index contributed by atoms with van der Waals surface area (Å²) >= 11 is 0. The van der Waals surface area contributed by atoms with E-state index in [9.17, 15) is 9.59 Å². The maximum atomic E-state index is 10.3. The Kier molecular flexibility index (Phi) is 47.6. The van der Waals surface area contributed by atoms with Crippen LogP contribution in [0, 0.1) is 0 Å². The van der Waals surface area contributed by atoms with Gasteiger partial charge >= 0.3 is 0 Å². The van der Waals surface area contributed by atoms with Crippen LogP contribution in [0.15, 0.2) is 0 Å². The van der Waals surface area contributed by atoms with Crippen molar-refractivity contribution in [3.8, 4) is 0 Å². The number of nitrogens with one attached hydrogen (secondary N) is 2. The third-order valence-corrected chi connectivity index (χ3v) is 1.58. The van der Waals surface area contributed by atoms with Crippen LogP contribution in [0.2, 0.25) is 0 Å². The highest BCUT2D eigenvalue weighted by molar-refractivity contribution is 5.73. The molecule has 0 aromatic carbocycles. The molecule has 0 aromatic rings. The zero-order valence-corrected chi connectivity index (χ0v) is 17.4. The Morgan fingerprint density at radius 1 is 0.913 bits per heavy atom. The number of rotatable bonds is 5. The van der Waals surface area contributed by atoms with Crippen LogP contribution >= 0.6 is 0 Å². The minimum atomic E-state index is -0.445. The zero-order chi connectivity index (χ0) is 19.8. The predicted octanol–water partition coefficient (Wildman–Crippen LogP) is 2.27. The normalized spacial score (nSPS) is 9.09. The minimum absolute atomic E-state index is 0.0388. The summed E-state index contributed by atoms with van der Waals surface area (Å²) in [4.78, 5) is 22.4. The molecule has 1 atom stereocenters. The summed E-state index contributed by atoms with van der Waals surface area (Å²) in [5.74, 6) is -0.0669. The van der Waals surface area contributed by atoms with Crippen molar-refractivity contribution in [2.45, 2.75) is 68.4 Å². The predicted molar refractivity (Wildman–Crippen MR) is 102 cm³/mol. The summed E-state index contributed by atoms with van der Waals surface area (Å²) in [6.45, 7) is 18.5. The fourth-order valence-corrected chi connectivity index (χ4v) is 0.747. The van der Waals surface area contributed by atoms with E-state index in [0.29, 0.717) is 6.54 Å². The third kappa shape index (κ3) is 76.3. The molecular formula is C17H43N3O3. The van der Waals surface area contributed by atoms with Gasteiger partial charge in [-0.2, -0.15) is 0 Å². The van der Waals surface area contributed by atoms with Crippen molar-refractivity contribution in [1.82, 2.24) is 15.5 Å². The van der Waals surface area contributed by atoms with Gasteiger partial charge in [-0.15, -0.1) is 0 Å². The standard InChI is InChI=1S/C6H14N2O.C5H11NO2.3C2H6/c1-6(9)7-4-5-8(2)3;1-4(7)3-6-5(2)8;3*1-2/h4-5H2,1-3H3,(H,7,9);4,7H,3H2,1-2H3,(H,6,8);3*1-2H3. The molecule has 3 N–H and O–H groups in total. The van der Waals surface area contributed by atoms with E-state index in [-0.39, 0.29) is 11.8 Å². The van der Waals surface area contributed by atoms with Crippen LogP contribution in [0.25, 0.3) is 0 Å². The van der Waals surface area contributed by atoms with E-state index in [0.717, 1.165) is 13.1 Å². The molecule has 0 saturated heterocycles. The largest absolute Gasteiger partial charge is 0.392 e. The molecule has 0 aliphatic heterocycles. The Morgan fingerprint density at radius 3 is 1.43 bits per heavy atom. The number of aliphatic hydroxyl groups is 1. The smallest absolute Gasteiger partial charge is 0.216 e. The summed E-state index contributed by atoms with van der Waals surface area (Å²) < 4.78 is 0. The molecule has 1 unspecified atom stereocenters. The van der Waals surface area contributed by atoms with E-state index in [1.54, 1.807) is 6.92 Å². The Bertz CT molecular complexity index is 221. The first-order valence-electron chi connectivity index (χ1n) is 8.57. The summed E-state index contributed by atoms with van der Waals surface area (Å²) in [7, 11) is 3.95. The van der Waals surface area contributed by atoms with Crippen molar-refractivity contribution in [2.24, 2.45) is 0 Å². The highest BCUT2D eigenvalue weighted by Gasteiger charge is 1.94. The lowest BCUT2D eigenvalue weighted by molar-refractivity contribution is -0.120. The van der Waals surface area contributed by atoms with Crippen LogP contribution in [0.3, 0.4) is 0 Å². The molecule has 0 aliphatic carbocycles. The number of amides is 2. The van der Waals surface area contributed by atoms with E-state index < -0.39 is 6.10 Å². The maximum absolute atomic E-state index is 10.3. The van der Waals surface area contributed by atoms with Crippen LogP contribution in [0.5, 0.6) is 0 Å². The Labute approximate surface area is 145 Å². The van der Waals surface area contributed by atoms with Crippen molar-refractivity contribution in [3.63, 3.8) is 0 Å². The van der Waals surface area contributed by atoms with Crippen molar-refractivity contribution in [3.05, 3.63) is 0 Å². The summed E-state index contributed by atoms with van der Waals surface area (Å²) in [6, 6.07) is 0. The molecular weight excluding hydrogens is 294 g/mol. The zero-order valence-electron chi connectivity index (χ0n) is 17.4. The number of nitrogens with zero attached hydrogens (tertiary/aromatic N) is 1. The molecule has 0 fully saturated rings. The van der Waals surface area contributed by atoms with E-state index >= 15 is 0 Å². The lowest BCUT2D eigenvalue weighted by Gasteiger charge is -2.08. The van der Waals surface area contributed by atoms with E-state index in [4.69, 9.17) is 5.11 Å². The Hall–Kier alpha value is -1.14. The Morgan fingerprint density at radius 2 is 1.26 bits per heavy atom. The van der Waals surface area contributed by atoms with Gasteiger partial charge in [0.1, 0.15) is 0 Å². The molecule has 23 heavy (non-hydrogen) atoms. The van der Waals surface area contributed by atoms with Crippen LogP contribution in [0.4, 0.5) is 0 Å². The van der Waals surface area contributed by atoms with Gasteiger partial charge in [0.05, 0.1) is 6.10 Å². The highest BCUT2D eigenvalue weighted by atomic mass is 16.3. The fourth-order valence-electron chi connectivity index (χ4n) is 0.747. The van der Waals surface area contributed by atoms with Crippen molar-refractivity contribution in [2.75, 3.05) is 33.7 Å². The van der Waals surface area contributed by atoms with Crippen LogP contribution in [0.1, 0.15) is 62.3 Å². The second-order valence-corrected chi connectivity index (χ2v) is 4.07. The minimum Gasteiger partial charge on any atom is -0.392 e. The SMILES string of the molecule is CC.CC.CC.CC(=O)NCC(C)O.CC(=O)NCCN(C)C. The molecule has 0 spiro atoms. The lowest BCUT2D eigenvalue weighted by atomic mass is 10.4. The van der Waals surface area contributed by atoms with Gasteiger partial charge in [-0.1, -0.05) is 41.5 Å². The number of likely N-dealkylation sites (N-methyl/N-ethyl adjacent to an activating group) is 1. The average Bonchev–Trinajstić information content (AvgIpc) is 2.51. The first kappa shape index (κ1) is 33.5. The molecule has 0 bridgehead atoms. The topological polar surface area (TPSA) is 81.7 Å². The lowest BCUT2D eigenvalue weighted by Crippen LogP contribution is -2.29. The number of hydrogen-bond acceptors (Lipinski definition) is 4. The van der Waals surface area contributed by atoms with Gasteiger partial charge in [0.15, 0.2) is 0 Å². The summed E-state index contributed by atoms with van der Waals surface area (Å²) in [6.07, 6.45) is -0.445. The second-order valence-electron chi connectivity index (χ2n) is 4.07. The maximum Gasteiger partial charge on any atom is 0.216 e. The monoisotopic (exact) mass is 337 g/mol. The second kappa shape index (κ2) is 32.7. The first-order chi connectivity index (χ1) is 10.8. The average molecular weight is 338 g/mol. The van der Waals surface area contributed by atoms with Crippen LogP contribution in [-0.2, 0) is 9.59 Å². The molecule has 0 radical (unpaired) electrons. The summed E-state index contributed by atoms with van der Waals surface area (Å²) in [5, 5.41) is 13.7. The molecule has 0 aliphatic rings. The molecule has 0 rings (SSSR count). The number of hydrogen-bond donors (Lipinski definition) is 3. The van der Waals surface area contributed by atoms with Crippen molar-refractivity contribution < 1.29 is 14.7 Å². The van der Waals surface area contributed by atoms with Gasteiger partial charge in [-0.25, -0.2) is 0 Å². The van der Waals surface area contributed by atoms with E-state index in [1.165, 1.54) is 13.8 Å². The van der Waals surface area contributed by atoms with E-state index in [2.05, 4.69) is 10.6 Å². The van der Waals surface area contributed by atoms with Gasteiger partial charge < -0.3 is 20.6 Å². The van der Waals surface area contributed by atoms with Gasteiger partial charge in [0.2, 0.25) is 11.8 Å². The third-order valence-electron chi connectivity index (χ3n) is 1.58. The van der Waals surface area contributed by atoms with Gasteiger partial charge in [0.25, 0.3) is 0 Å². The summed E-state index contributed by atoms with van der Waals surface area (Å²) in [5.41, 5.74) is 0. The van der Waals surface area contributed by atoms with Gasteiger partial charge in [-0.05, 0) is 21.0 Å². The first-order valence-corrected chi connectivity index (χ1v) is 8.57. The molecule has 2 amide bonds. The quantitative estimate of drug-likeness (QED) is 0.719. The molecule has 6 heteroatoms. The molecule has 6 nitrogen and oxygen atoms in total. The fraction of sp³-hybridized carbons (Fsp3) is 0.882. The Balaban J connectivity index is -0.0000000709. The molecule has 144 valence electrons. The number of carbonyl (C=O) groups is 2.